The van der Waals surface area contributed by atoms with Crippen LogP contribution in [-0.4, -0.2) is 83.3 Å². The number of unbranched alkanes of at least 4 members (excludes halogenated alkanes) is 4. The molecule has 1 unspecified atom stereocenters. The second kappa shape index (κ2) is 11.0. The molecule has 10 nitrogen and oxygen atoms in total. The molecule has 1 aromatic rings. The van der Waals surface area contributed by atoms with E-state index in [9.17, 15) is 24.0 Å². The minimum atomic E-state index is -0.964. The molecule has 0 saturated carbocycles. The number of carbonyl (C=O) groups is 5. The zero-order valence-electron chi connectivity index (χ0n) is 19.8. The van der Waals surface area contributed by atoms with Crippen molar-refractivity contribution in [2.45, 2.75) is 57.4 Å². The SMILES string of the molecule is O=C(O)CCCCCCCN1CCN(c2cccc3c2C(=O)N(C2CCC(=O)NC2=O)C3=O)CC1. The van der Waals surface area contributed by atoms with Crippen LogP contribution in [0, 0.1) is 0 Å². The number of fused-ring (bicyclic) bond motifs is 1. The number of carboxylic acid groups (broad SMARTS) is 1. The Morgan fingerprint density at radius 2 is 1.66 bits per heavy atom. The molecule has 0 aliphatic carbocycles. The monoisotopic (exact) mass is 484 g/mol. The number of anilines is 1. The van der Waals surface area contributed by atoms with Crippen molar-refractivity contribution in [2.24, 2.45) is 0 Å². The van der Waals surface area contributed by atoms with Gasteiger partial charge in [0.1, 0.15) is 6.04 Å². The summed E-state index contributed by atoms with van der Waals surface area (Å²) in [5.41, 5.74) is 1.37. The Morgan fingerprint density at radius 1 is 0.943 bits per heavy atom. The Kier molecular flexibility index (Phi) is 7.80. The van der Waals surface area contributed by atoms with Crippen molar-refractivity contribution in [1.29, 1.82) is 0 Å². The molecule has 1 aromatic carbocycles. The molecule has 2 saturated heterocycles. The molecule has 4 amide bonds. The van der Waals surface area contributed by atoms with E-state index < -0.39 is 29.7 Å². The Labute approximate surface area is 204 Å². The number of rotatable bonds is 10. The van der Waals surface area contributed by atoms with E-state index in [4.69, 9.17) is 5.11 Å². The van der Waals surface area contributed by atoms with Gasteiger partial charge in [-0.25, -0.2) is 0 Å². The van der Waals surface area contributed by atoms with Crippen LogP contribution in [0.1, 0.15) is 72.1 Å². The average Bonchev–Trinajstić information content (AvgIpc) is 3.09. The number of carbonyl (C=O) groups excluding carboxylic acids is 4. The fourth-order valence-corrected chi connectivity index (χ4v) is 5.11. The van der Waals surface area contributed by atoms with Gasteiger partial charge < -0.3 is 10.0 Å². The van der Waals surface area contributed by atoms with Crippen LogP contribution < -0.4 is 10.2 Å². The molecule has 0 bridgehead atoms. The van der Waals surface area contributed by atoms with Crippen LogP contribution in [0.4, 0.5) is 5.69 Å². The number of piperazine rings is 1. The first-order valence-corrected chi connectivity index (χ1v) is 12.4. The van der Waals surface area contributed by atoms with E-state index in [1.807, 2.05) is 6.07 Å². The van der Waals surface area contributed by atoms with Crippen LogP contribution in [0.3, 0.4) is 0 Å². The third-order valence-electron chi connectivity index (χ3n) is 7.02. The number of hydrogen-bond donors (Lipinski definition) is 2. The van der Waals surface area contributed by atoms with Gasteiger partial charge in [0.15, 0.2) is 0 Å². The largest absolute Gasteiger partial charge is 0.481 e. The first-order valence-electron chi connectivity index (χ1n) is 12.4. The topological polar surface area (TPSA) is 127 Å². The maximum absolute atomic E-state index is 13.3. The number of amides is 4. The smallest absolute Gasteiger partial charge is 0.303 e. The van der Waals surface area contributed by atoms with Gasteiger partial charge in [-0.15, -0.1) is 0 Å². The van der Waals surface area contributed by atoms with Crippen LogP contribution in [0.5, 0.6) is 0 Å². The van der Waals surface area contributed by atoms with E-state index >= 15 is 0 Å². The molecule has 3 heterocycles. The number of carboxylic acids is 1. The molecule has 0 aromatic heterocycles. The molecule has 2 fully saturated rings. The lowest BCUT2D eigenvalue weighted by Gasteiger charge is -2.36. The Hall–Kier alpha value is -3.27. The number of nitrogens with one attached hydrogen (secondary N) is 1. The van der Waals surface area contributed by atoms with Crippen molar-refractivity contribution < 1.29 is 29.1 Å². The molecule has 0 spiro atoms. The highest BCUT2D eigenvalue weighted by Crippen LogP contribution is 2.34. The number of piperidine rings is 1. The zero-order valence-corrected chi connectivity index (χ0v) is 19.8. The summed E-state index contributed by atoms with van der Waals surface area (Å²) in [6, 6.07) is 4.28. The van der Waals surface area contributed by atoms with Gasteiger partial charge in [0.25, 0.3) is 11.8 Å². The molecule has 1 atom stereocenters. The number of imide groups is 2. The fourth-order valence-electron chi connectivity index (χ4n) is 5.11. The van der Waals surface area contributed by atoms with Gasteiger partial charge in [0.2, 0.25) is 11.8 Å². The number of benzene rings is 1. The van der Waals surface area contributed by atoms with E-state index in [-0.39, 0.29) is 25.2 Å². The van der Waals surface area contributed by atoms with Gasteiger partial charge in [-0.1, -0.05) is 25.3 Å². The predicted octanol–water partition coefficient (Wildman–Crippen LogP) is 1.64. The zero-order chi connectivity index (χ0) is 24.9. The number of aliphatic carboxylic acids is 1. The lowest BCUT2D eigenvalue weighted by Crippen LogP contribution is -2.54. The summed E-state index contributed by atoms with van der Waals surface area (Å²) in [7, 11) is 0. The van der Waals surface area contributed by atoms with E-state index in [0.717, 1.165) is 69.7 Å². The molecule has 2 N–H and O–H groups in total. The van der Waals surface area contributed by atoms with Gasteiger partial charge in [-0.2, -0.15) is 0 Å². The maximum Gasteiger partial charge on any atom is 0.303 e. The molecule has 0 radical (unpaired) electrons. The van der Waals surface area contributed by atoms with Crippen LogP contribution in [-0.2, 0) is 14.4 Å². The first-order chi connectivity index (χ1) is 16.9. The van der Waals surface area contributed by atoms with Crippen LogP contribution >= 0.6 is 0 Å². The van der Waals surface area contributed by atoms with E-state index in [1.165, 1.54) is 0 Å². The van der Waals surface area contributed by atoms with E-state index in [0.29, 0.717) is 16.8 Å². The van der Waals surface area contributed by atoms with Crippen molar-refractivity contribution in [3.63, 3.8) is 0 Å². The Morgan fingerprint density at radius 3 is 2.37 bits per heavy atom. The maximum atomic E-state index is 13.3. The molecule has 10 heteroatoms. The van der Waals surface area contributed by atoms with Crippen molar-refractivity contribution in [3.05, 3.63) is 29.3 Å². The highest BCUT2D eigenvalue weighted by atomic mass is 16.4. The van der Waals surface area contributed by atoms with Crippen molar-refractivity contribution in [1.82, 2.24) is 15.1 Å². The highest BCUT2D eigenvalue weighted by molar-refractivity contribution is 6.25. The molecule has 3 aliphatic rings. The molecule has 3 aliphatic heterocycles. The van der Waals surface area contributed by atoms with Gasteiger partial charge in [-0.3, -0.25) is 39.1 Å². The summed E-state index contributed by atoms with van der Waals surface area (Å²) >= 11 is 0. The minimum Gasteiger partial charge on any atom is -0.481 e. The van der Waals surface area contributed by atoms with Crippen LogP contribution in [0.25, 0.3) is 0 Å². The van der Waals surface area contributed by atoms with Crippen LogP contribution in [0.15, 0.2) is 18.2 Å². The van der Waals surface area contributed by atoms with Gasteiger partial charge in [0, 0.05) is 39.0 Å². The van der Waals surface area contributed by atoms with Crippen molar-refractivity contribution in [3.8, 4) is 0 Å². The standard InChI is InChI=1S/C25H32N4O6/c30-20-11-10-19(23(33)26-20)29-24(34)17-7-6-8-18(22(17)25(29)35)28-15-13-27(14-16-28)12-5-3-1-2-4-9-21(31)32/h6-8,19H,1-5,9-16H2,(H,31,32)(H,26,30,33). The van der Waals surface area contributed by atoms with Gasteiger partial charge >= 0.3 is 5.97 Å². The Balaban J connectivity index is 1.32. The number of nitrogens with zero attached hydrogens (tertiary/aromatic N) is 3. The normalized spacial score (nSPS) is 20.9. The third kappa shape index (κ3) is 5.53. The Bertz CT molecular complexity index is 1020. The van der Waals surface area contributed by atoms with Crippen molar-refractivity contribution in [2.75, 3.05) is 37.6 Å². The lowest BCUT2D eigenvalue weighted by atomic mass is 10.0. The molecule has 4 rings (SSSR count). The predicted molar refractivity (Wildman–Crippen MR) is 127 cm³/mol. The van der Waals surface area contributed by atoms with Crippen LogP contribution in [0.2, 0.25) is 0 Å². The fraction of sp³-hybridized carbons (Fsp3) is 0.560. The summed E-state index contributed by atoms with van der Waals surface area (Å²) < 4.78 is 0. The molecular formula is C25H32N4O6. The average molecular weight is 485 g/mol. The summed E-state index contributed by atoms with van der Waals surface area (Å²) in [6.07, 6.45) is 5.36. The van der Waals surface area contributed by atoms with E-state index in [2.05, 4.69) is 15.1 Å². The highest BCUT2D eigenvalue weighted by Gasteiger charge is 2.46. The minimum absolute atomic E-state index is 0.0982. The summed E-state index contributed by atoms with van der Waals surface area (Å²) in [6.45, 7) is 4.15. The quantitative estimate of drug-likeness (QED) is 0.379. The van der Waals surface area contributed by atoms with Crippen molar-refractivity contribution >= 4 is 35.3 Å². The molecule has 35 heavy (non-hydrogen) atoms. The second-order valence-electron chi connectivity index (χ2n) is 9.39. The summed E-state index contributed by atoms with van der Waals surface area (Å²) in [4.78, 5) is 66.3. The summed E-state index contributed by atoms with van der Waals surface area (Å²) in [5.74, 6) is -2.68. The molecular weight excluding hydrogens is 452 g/mol. The molecule has 188 valence electrons. The second-order valence-corrected chi connectivity index (χ2v) is 9.39. The first kappa shape index (κ1) is 24.8. The lowest BCUT2D eigenvalue weighted by molar-refractivity contribution is -0.138. The van der Waals surface area contributed by atoms with E-state index in [1.54, 1.807) is 12.1 Å². The van der Waals surface area contributed by atoms with Gasteiger partial charge in [-0.05, 0) is 37.9 Å². The number of hydrogen-bond acceptors (Lipinski definition) is 7. The summed E-state index contributed by atoms with van der Waals surface area (Å²) in [5, 5.41) is 10.9. The van der Waals surface area contributed by atoms with Gasteiger partial charge in [0.05, 0.1) is 16.8 Å². The third-order valence-corrected chi connectivity index (χ3v) is 7.02.